The van der Waals surface area contributed by atoms with E-state index in [1.807, 2.05) is 10.6 Å². The van der Waals surface area contributed by atoms with Crippen molar-refractivity contribution in [3.8, 4) is 5.69 Å². The van der Waals surface area contributed by atoms with Crippen LogP contribution in [0.3, 0.4) is 0 Å². The zero-order chi connectivity index (χ0) is 26.1. The predicted molar refractivity (Wildman–Crippen MR) is 157 cm³/mol. The fourth-order valence-corrected chi connectivity index (χ4v) is 6.32. The first kappa shape index (κ1) is 25.1. The first-order valence-electron chi connectivity index (χ1n) is 12.9. The highest BCUT2D eigenvalue weighted by atomic mass is 79.9. The minimum Gasteiger partial charge on any atom is -0.468 e. The Hall–Kier alpha value is -3.16. The second-order valence-corrected chi connectivity index (χ2v) is 11.4. The molecular weight excluding hydrogens is 558 g/mol. The van der Waals surface area contributed by atoms with Gasteiger partial charge in [-0.2, -0.15) is 0 Å². The van der Waals surface area contributed by atoms with Crippen molar-refractivity contribution >= 4 is 55.2 Å². The molecule has 2 fully saturated rings. The van der Waals surface area contributed by atoms with Crippen LogP contribution in [0.1, 0.15) is 48.6 Å². The van der Waals surface area contributed by atoms with Gasteiger partial charge in [-0.1, -0.05) is 84.6 Å². The van der Waals surface area contributed by atoms with Crippen molar-refractivity contribution < 1.29 is 9.53 Å². The molecule has 0 N–H and O–H groups in total. The third kappa shape index (κ3) is 5.22. The molecule has 0 saturated heterocycles. The summed E-state index contributed by atoms with van der Waals surface area (Å²) in [6.07, 6.45) is 5.29. The van der Waals surface area contributed by atoms with E-state index in [1.165, 1.54) is 66.3 Å². The molecule has 7 rings (SSSR count). The predicted octanol–water partition coefficient (Wildman–Crippen LogP) is 8.04. The van der Waals surface area contributed by atoms with Gasteiger partial charge in [0.05, 0.1) is 18.6 Å². The van der Waals surface area contributed by atoms with Gasteiger partial charge in [-0.05, 0) is 86.8 Å². The summed E-state index contributed by atoms with van der Waals surface area (Å²) in [6, 6.07) is 28.1. The van der Waals surface area contributed by atoms with Crippen molar-refractivity contribution in [1.82, 2.24) is 14.8 Å². The molecule has 1 aromatic heterocycles. The molecule has 0 amide bonds. The number of thioether (sulfide) groups is 1. The molecule has 2 aliphatic rings. The number of nitrogens with zero attached hydrogens (tertiary/aromatic N) is 3. The molecule has 0 spiro atoms. The van der Waals surface area contributed by atoms with Crippen LogP contribution >= 0.6 is 27.7 Å². The summed E-state index contributed by atoms with van der Waals surface area (Å²) in [5, 5.41) is 14.2. The lowest BCUT2D eigenvalue weighted by Gasteiger charge is -2.13. The van der Waals surface area contributed by atoms with E-state index in [9.17, 15) is 4.79 Å². The summed E-state index contributed by atoms with van der Waals surface area (Å²) < 4.78 is 7.27. The van der Waals surface area contributed by atoms with Gasteiger partial charge in [0.1, 0.15) is 0 Å². The van der Waals surface area contributed by atoms with Gasteiger partial charge in [-0.3, -0.25) is 9.36 Å². The maximum atomic E-state index is 11.5. The minimum absolute atomic E-state index is 0.194. The number of halogens is 1. The smallest absolute Gasteiger partial charge is 0.316 e. The zero-order valence-corrected chi connectivity index (χ0v) is 23.5. The maximum Gasteiger partial charge on any atom is 0.316 e. The molecule has 4 aromatic carbocycles. The first-order chi connectivity index (χ1) is 18.6. The molecule has 2 saturated carbocycles. The first-order valence-corrected chi connectivity index (χ1v) is 14.7. The van der Waals surface area contributed by atoms with Gasteiger partial charge in [0.2, 0.25) is 4.73 Å². The molecule has 0 atom stereocenters. The van der Waals surface area contributed by atoms with Crippen molar-refractivity contribution in [3.05, 3.63) is 94.7 Å². The summed E-state index contributed by atoms with van der Waals surface area (Å²) in [5.41, 5.74) is 3.97. The molecule has 0 unspecified atom stereocenters. The van der Waals surface area contributed by atoms with E-state index in [2.05, 4.69) is 98.9 Å². The highest BCUT2D eigenvalue weighted by Gasteiger charge is 2.27. The second kappa shape index (κ2) is 10.9. The lowest BCUT2D eigenvalue weighted by atomic mass is 9.99. The number of aromatic nitrogens is 3. The Balaban J connectivity index is 0.000000169. The third-order valence-corrected chi connectivity index (χ3v) is 8.59. The topological polar surface area (TPSA) is 57.0 Å². The van der Waals surface area contributed by atoms with E-state index >= 15 is 0 Å². The van der Waals surface area contributed by atoms with E-state index in [1.54, 1.807) is 5.56 Å². The van der Waals surface area contributed by atoms with Gasteiger partial charge < -0.3 is 4.74 Å². The molecule has 0 aliphatic heterocycles. The molecule has 192 valence electrons. The number of ether oxygens (including phenoxy) is 1. The van der Waals surface area contributed by atoms with Crippen molar-refractivity contribution in [2.75, 3.05) is 12.9 Å². The second-order valence-electron chi connectivity index (χ2n) is 9.79. The summed E-state index contributed by atoms with van der Waals surface area (Å²) in [5.74, 6) is 1.44. The average Bonchev–Trinajstić information content (AvgIpc) is 3.89. The Morgan fingerprint density at radius 2 is 1.47 bits per heavy atom. The lowest BCUT2D eigenvalue weighted by molar-refractivity contribution is -0.137. The molecule has 0 bridgehead atoms. The normalized spacial score (nSPS) is 14.8. The van der Waals surface area contributed by atoms with Crippen LogP contribution in [0, 0.1) is 0 Å². The number of hydrogen-bond acceptors (Lipinski definition) is 5. The summed E-state index contributed by atoms with van der Waals surface area (Å²) in [6.45, 7) is 0. The van der Waals surface area contributed by atoms with Crippen molar-refractivity contribution in [3.63, 3.8) is 0 Å². The number of esters is 1. The standard InChI is InChI=1S/C18H16BrN3O2S.C13H12/c1-24-16(23)10-25-18-21-20-17(19)22(18)15-9-8-12(11-6-7-11)13-4-2-3-5-14(13)15;1-2-6-12-10(4-1)5-3-7-13(12)11-8-9-11/h2-5,8-9,11H,6-7,10H2,1H3;1-7,11H,8-9H2. The largest absolute Gasteiger partial charge is 0.468 e. The summed E-state index contributed by atoms with van der Waals surface area (Å²) >= 11 is 4.79. The average molecular weight is 587 g/mol. The number of carbonyl (C=O) groups excluding carboxylic acids is 1. The number of hydrogen-bond donors (Lipinski definition) is 0. The van der Waals surface area contributed by atoms with Crippen LogP contribution in [0.2, 0.25) is 0 Å². The van der Waals surface area contributed by atoms with Crippen LogP contribution in [-0.4, -0.2) is 33.6 Å². The molecule has 0 radical (unpaired) electrons. The number of benzene rings is 4. The van der Waals surface area contributed by atoms with E-state index in [0.29, 0.717) is 15.8 Å². The van der Waals surface area contributed by atoms with Crippen LogP contribution in [0.15, 0.2) is 88.8 Å². The molecule has 1 heterocycles. The molecule has 5 nitrogen and oxygen atoms in total. The fraction of sp³-hybridized carbons (Fsp3) is 0.258. The SMILES string of the molecule is COC(=O)CSc1nnc(Br)n1-c1ccc(C2CC2)c2ccccc12.c1ccc2c(C3CC3)cccc2c1. The van der Waals surface area contributed by atoms with Gasteiger partial charge in [-0.15, -0.1) is 10.2 Å². The molecule has 2 aliphatic carbocycles. The third-order valence-electron chi connectivity index (χ3n) is 7.17. The van der Waals surface area contributed by atoms with Gasteiger partial charge in [0.25, 0.3) is 0 Å². The monoisotopic (exact) mass is 585 g/mol. The summed E-state index contributed by atoms with van der Waals surface area (Å²) in [4.78, 5) is 11.5. The van der Waals surface area contributed by atoms with Crippen molar-refractivity contribution in [1.29, 1.82) is 0 Å². The highest BCUT2D eigenvalue weighted by Crippen LogP contribution is 2.45. The van der Waals surface area contributed by atoms with E-state index in [0.717, 1.165) is 17.0 Å². The maximum absolute atomic E-state index is 11.5. The Morgan fingerprint density at radius 3 is 2.18 bits per heavy atom. The molecule has 7 heteroatoms. The number of fused-ring (bicyclic) bond motifs is 2. The lowest BCUT2D eigenvalue weighted by Crippen LogP contribution is -2.05. The van der Waals surface area contributed by atoms with Gasteiger partial charge in [0.15, 0.2) is 5.16 Å². The quantitative estimate of drug-likeness (QED) is 0.149. The van der Waals surface area contributed by atoms with Gasteiger partial charge >= 0.3 is 5.97 Å². The minimum atomic E-state index is -0.287. The Labute approximate surface area is 234 Å². The zero-order valence-electron chi connectivity index (χ0n) is 21.1. The van der Waals surface area contributed by atoms with Crippen LogP contribution in [0.25, 0.3) is 27.2 Å². The van der Waals surface area contributed by atoms with Gasteiger partial charge in [-0.25, -0.2) is 0 Å². The Morgan fingerprint density at radius 1 is 0.842 bits per heavy atom. The van der Waals surface area contributed by atoms with E-state index < -0.39 is 0 Å². The highest BCUT2D eigenvalue weighted by molar-refractivity contribution is 9.10. The van der Waals surface area contributed by atoms with Crippen molar-refractivity contribution in [2.45, 2.75) is 42.7 Å². The van der Waals surface area contributed by atoms with E-state index in [4.69, 9.17) is 4.74 Å². The number of rotatable bonds is 6. The van der Waals surface area contributed by atoms with Crippen molar-refractivity contribution in [2.24, 2.45) is 0 Å². The fourth-order valence-electron chi connectivity index (χ4n) is 4.98. The van der Waals surface area contributed by atoms with Crippen LogP contribution in [-0.2, 0) is 9.53 Å². The van der Waals surface area contributed by atoms with Gasteiger partial charge in [0, 0.05) is 5.39 Å². The number of carbonyl (C=O) groups is 1. The molecule has 38 heavy (non-hydrogen) atoms. The molecular formula is C31H28BrN3O2S. The number of methoxy groups -OCH3 is 1. The van der Waals surface area contributed by atoms with Crippen LogP contribution < -0.4 is 0 Å². The Kier molecular flexibility index (Phi) is 7.22. The van der Waals surface area contributed by atoms with Crippen LogP contribution in [0.4, 0.5) is 0 Å². The van der Waals surface area contributed by atoms with E-state index in [-0.39, 0.29) is 11.7 Å². The Bertz CT molecular complexity index is 1620. The summed E-state index contributed by atoms with van der Waals surface area (Å²) in [7, 11) is 1.38. The molecule has 5 aromatic rings. The van der Waals surface area contributed by atoms with Crippen LogP contribution in [0.5, 0.6) is 0 Å².